The third kappa shape index (κ3) is 4.82. The predicted octanol–water partition coefficient (Wildman–Crippen LogP) is 3.89. The summed E-state index contributed by atoms with van der Waals surface area (Å²) in [6.45, 7) is 3.12. The van der Waals surface area contributed by atoms with Gasteiger partial charge in [0.05, 0.1) is 15.5 Å². The maximum absolute atomic E-state index is 13.4. The minimum absolute atomic E-state index is 0.196. The molecule has 1 amide bonds. The molecule has 0 spiro atoms. The molecule has 1 fully saturated rings. The Morgan fingerprint density at radius 2 is 1.94 bits per heavy atom. The summed E-state index contributed by atoms with van der Waals surface area (Å²) in [7, 11) is -3.63. The van der Waals surface area contributed by atoms with Crippen LogP contribution in [0.2, 0.25) is 0 Å². The Morgan fingerprint density at radius 1 is 1.14 bits per heavy atom. The number of amidine groups is 1. The summed E-state index contributed by atoms with van der Waals surface area (Å²) in [5.74, 6) is -0.0703. The monoisotopic (exact) mass is 507 g/mol. The van der Waals surface area contributed by atoms with E-state index in [-0.39, 0.29) is 10.1 Å². The van der Waals surface area contributed by atoms with Crippen molar-refractivity contribution >= 4 is 38.9 Å². The summed E-state index contributed by atoms with van der Waals surface area (Å²) in [4.78, 5) is 16.6. The standard InChI is InChI=1S/C25H25N5O3S2/c1-17-7-6-12-29(15-17)35(32,33)21-11-5-8-18(13-21)23-19(14-22-24(31)27-25(26)34-22)16-30(28-23)20-9-3-2-4-10-20/h2-5,8-11,13-14,16-17H,6-7,12,15H2,1H3,(H2,26,27,31)/b22-14-. The van der Waals surface area contributed by atoms with E-state index < -0.39 is 15.9 Å². The maximum atomic E-state index is 13.4. The van der Waals surface area contributed by atoms with Gasteiger partial charge < -0.3 is 5.73 Å². The number of para-hydroxylation sites is 1. The van der Waals surface area contributed by atoms with Gasteiger partial charge in [-0.2, -0.15) is 14.4 Å². The van der Waals surface area contributed by atoms with E-state index in [9.17, 15) is 13.2 Å². The minimum Gasteiger partial charge on any atom is -0.378 e. The topological polar surface area (TPSA) is 111 Å². The lowest BCUT2D eigenvalue weighted by Crippen LogP contribution is -2.39. The fourth-order valence-electron chi connectivity index (χ4n) is 4.31. The van der Waals surface area contributed by atoms with E-state index >= 15 is 0 Å². The minimum atomic E-state index is -3.63. The number of nitrogens with two attached hydrogens (primary N) is 1. The van der Waals surface area contributed by atoms with Crippen molar-refractivity contribution in [2.24, 2.45) is 16.6 Å². The van der Waals surface area contributed by atoms with Crippen LogP contribution in [0, 0.1) is 5.92 Å². The largest absolute Gasteiger partial charge is 0.378 e. The molecule has 2 aromatic carbocycles. The predicted molar refractivity (Wildman–Crippen MR) is 138 cm³/mol. The van der Waals surface area contributed by atoms with Crippen molar-refractivity contribution in [3.05, 3.63) is 71.3 Å². The van der Waals surface area contributed by atoms with Crippen LogP contribution in [0.4, 0.5) is 0 Å². The van der Waals surface area contributed by atoms with Crippen molar-refractivity contribution in [1.29, 1.82) is 0 Å². The second-order valence-corrected chi connectivity index (χ2v) is 11.7. The average Bonchev–Trinajstić information content (AvgIpc) is 3.42. The first-order valence-corrected chi connectivity index (χ1v) is 13.6. The summed E-state index contributed by atoms with van der Waals surface area (Å²) in [5.41, 5.74) is 8.42. The van der Waals surface area contributed by atoms with Gasteiger partial charge in [-0.3, -0.25) is 4.79 Å². The molecule has 0 bridgehead atoms. The number of benzene rings is 2. The second-order valence-electron chi connectivity index (χ2n) is 8.72. The molecule has 1 unspecified atom stereocenters. The number of hydrogen-bond donors (Lipinski definition) is 1. The lowest BCUT2D eigenvalue weighted by molar-refractivity contribution is -0.113. The van der Waals surface area contributed by atoms with Crippen LogP contribution in [-0.2, 0) is 14.8 Å². The van der Waals surface area contributed by atoms with Crippen LogP contribution in [0.15, 0.2) is 75.6 Å². The van der Waals surface area contributed by atoms with Crippen LogP contribution in [0.1, 0.15) is 25.3 Å². The van der Waals surface area contributed by atoms with Gasteiger partial charge >= 0.3 is 0 Å². The van der Waals surface area contributed by atoms with Crippen LogP contribution in [0.3, 0.4) is 0 Å². The fraction of sp³-hybridized carbons (Fsp3) is 0.240. The number of carbonyl (C=O) groups is 1. The zero-order valence-corrected chi connectivity index (χ0v) is 20.8. The Morgan fingerprint density at radius 3 is 2.66 bits per heavy atom. The van der Waals surface area contributed by atoms with Crippen molar-refractivity contribution in [2.45, 2.75) is 24.7 Å². The number of piperidine rings is 1. The van der Waals surface area contributed by atoms with Gasteiger partial charge in [0.2, 0.25) is 10.0 Å². The number of sulfonamides is 1. The van der Waals surface area contributed by atoms with Crippen molar-refractivity contribution in [1.82, 2.24) is 14.1 Å². The number of hydrogen-bond acceptors (Lipinski definition) is 6. The first-order valence-electron chi connectivity index (χ1n) is 11.3. The maximum Gasteiger partial charge on any atom is 0.286 e. The third-order valence-corrected chi connectivity index (χ3v) is 8.73. The molecule has 1 atom stereocenters. The van der Waals surface area contributed by atoms with E-state index in [2.05, 4.69) is 11.9 Å². The molecule has 5 rings (SSSR count). The highest BCUT2D eigenvalue weighted by atomic mass is 32.2. The molecule has 180 valence electrons. The number of aromatic nitrogens is 2. The molecule has 0 radical (unpaired) electrons. The van der Waals surface area contributed by atoms with E-state index in [1.807, 2.05) is 42.6 Å². The van der Waals surface area contributed by atoms with Gasteiger partial charge in [0.15, 0.2) is 5.17 Å². The Labute approximate surface area is 208 Å². The Balaban J connectivity index is 1.58. The van der Waals surface area contributed by atoms with Crippen LogP contribution in [-0.4, -0.2) is 46.7 Å². The average molecular weight is 508 g/mol. The number of carbonyl (C=O) groups excluding carboxylic acids is 1. The van der Waals surface area contributed by atoms with E-state index in [0.717, 1.165) is 30.3 Å². The van der Waals surface area contributed by atoms with Gasteiger partial charge in [0, 0.05) is 30.4 Å². The van der Waals surface area contributed by atoms with Crippen LogP contribution < -0.4 is 5.73 Å². The van der Waals surface area contributed by atoms with Gasteiger partial charge in [-0.1, -0.05) is 37.3 Å². The van der Waals surface area contributed by atoms with Crippen LogP contribution >= 0.6 is 11.8 Å². The molecular formula is C25H25N5O3S2. The van der Waals surface area contributed by atoms with Crippen molar-refractivity contribution < 1.29 is 13.2 Å². The lowest BCUT2D eigenvalue weighted by atomic mass is 10.0. The first kappa shape index (κ1) is 23.5. The quantitative estimate of drug-likeness (QED) is 0.525. The van der Waals surface area contributed by atoms with E-state index in [4.69, 9.17) is 10.8 Å². The highest BCUT2D eigenvalue weighted by molar-refractivity contribution is 8.18. The van der Waals surface area contributed by atoms with E-state index in [0.29, 0.717) is 40.7 Å². The van der Waals surface area contributed by atoms with E-state index in [1.54, 1.807) is 33.3 Å². The molecule has 1 saturated heterocycles. The highest BCUT2D eigenvalue weighted by Gasteiger charge is 2.29. The van der Waals surface area contributed by atoms with Crippen LogP contribution in [0.25, 0.3) is 23.0 Å². The van der Waals surface area contributed by atoms with Gasteiger partial charge in [-0.25, -0.2) is 13.1 Å². The van der Waals surface area contributed by atoms with Gasteiger partial charge in [0.25, 0.3) is 5.91 Å². The SMILES string of the molecule is CC1CCCN(S(=O)(=O)c2cccc(-c3nn(-c4ccccc4)cc3/C=C3\SC(N)=NC3=O)c2)C1. The van der Waals surface area contributed by atoms with Gasteiger partial charge in [0.1, 0.15) is 5.69 Å². The summed E-state index contributed by atoms with van der Waals surface area (Å²) in [6, 6.07) is 16.4. The van der Waals surface area contributed by atoms with Crippen molar-refractivity contribution in [2.75, 3.05) is 13.1 Å². The molecule has 3 heterocycles. The summed E-state index contributed by atoms with van der Waals surface area (Å²) in [6.07, 6.45) is 5.40. The third-order valence-electron chi connectivity index (χ3n) is 6.05. The molecule has 2 aliphatic heterocycles. The number of thioether (sulfide) groups is 1. The van der Waals surface area contributed by atoms with E-state index in [1.165, 1.54) is 0 Å². The normalized spacial score (nSPS) is 20.4. The number of nitrogens with zero attached hydrogens (tertiary/aromatic N) is 4. The molecular weight excluding hydrogens is 482 g/mol. The lowest BCUT2D eigenvalue weighted by Gasteiger charge is -2.30. The molecule has 35 heavy (non-hydrogen) atoms. The second kappa shape index (κ2) is 9.44. The Bertz CT molecular complexity index is 1440. The van der Waals surface area contributed by atoms with Crippen molar-refractivity contribution in [3.8, 4) is 16.9 Å². The molecule has 0 aliphatic carbocycles. The van der Waals surface area contributed by atoms with Crippen LogP contribution in [0.5, 0.6) is 0 Å². The smallest absolute Gasteiger partial charge is 0.286 e. The van der Waals surface area contributed by atoms with Gasteiger partial charge in [-0.15, -0.1) is 0 Å². The molecule has 2 aliphatic rings. The zero-order valence-electron chi connectivity index (χ0n) is 19.2. The molecule has 10 heteroatoms. The number of aliphatic imine (C=N–C) groups is 1. The highest BCUT2D eigenvalue weighted by Crippen LogP contribution is 2.33. The Hall–Kier alpha value is -3.21. The van der Waals surface area contributed by atoms with Gasteiger partial charge in [-0.05, 0) is 60.9 Å². The zero-order chi connectivity index (χ0) is 24.6. The summed E-state index contributed by atoms with van der Waals surface area (Å²) in [5, 5.41) is 4.96. The first-order chi connectivity index (χ1) is 16.8. The molecule has 2 N–H and O–H groups in total. The molecule has 0 saturated carbocycles. The summed E-state index contributed by atoms with van der Waals surface area (Å²) >= 11 is 1.10. The molecule has 8 nitrogen and oxygen atoms in total. The Kier molecular flexibility index (Phi) is 6.35. The van der Waals surface area contributed by atoms with Crippen molar-refractivity contribution in [3.63, 3.8) is 0 Å². The molecule has 1 aromatic heterocycles. The number of amides is 1. The fourth-order valence-corrected chi connectivity index (χ4v) is 6.63. The number of rotatable bonds is 5. The molecule has 3 aromatic rings. The summed E-state index contributed by atoms with van der Waals surface area (Å²) < 4.78 is 30.1.